The van der Waals surface area contributed by atoms with Crippen molar-refractivity contribution in [3.05, 3.63) is 35.2 Å². The van der Waals surface area contributed by atoms with E-state index in [9.17, 15) is 26.4 Å². The summed E-state index contributed by atoms with van der Waals surface area (Å²) in [4.78, 5) is 15.9. The lowest BCUT2D eigenvalue weighted by atomic mass is 9.39. The van der Waals surface area contributed by atoms with Gasteiger partial charge in [0.05, 0.1) is 28.0 Å². The topological polar surface area (TPSA) is 79.6 Å². The van der Waals surface area contributed by atoms with Crippen LogP contribution in [0, 0.1) is 12.0 Å². The van der Waals surface area contributed by atoms with E-state index in [4.69, 9.17) is 6.57 Å². The largest absolute Gasteiger partial charge is 0.394 e. The van der Waals surface area contributed by atoms with Gasteiger partial charge in [-0.2, -0.15) is 13.2 Å². The van der Waals surface area contributed by atoms with Crippen molar-refractivity contribution in [2.75, 3.05) is 4.72 Å². The number of halogens is 3. The zero-order chi connectivity index (χ0) is 21.2. The first-order valence-electron chi connectivity index (χ1n) is 8.57. The summed E-state index contributed by atoms with van der Waals surface area (Å²) in [6.07, 6.45) is -4.79. The molecule has 3 saturated carbocycles. The van der Waals surface area contributed by atoms with Crippen molar-refractivity contribution in [2.45, 2.75) is 56.5 Å². The van der Waals surface area contributed by atoms with Gasteiger partial charge < -0.3 is 5.32 Å². The number of benzene rings is 1. The molecule has 0 aromatic heterocycles. The average Bonchev–Trinajstić information content (AvgIpc) is 2.46. The lowest BCUT2D eigenvalue weighted by Gasteiger charge is -2.70. The van der Waals surface area contributed by atoms with Gasteiger partial charge in [-0.25, -0.2) is 13.3 Å². The van der Waals surface area contributed by atoms with Gasteiger partial charge in [0.25, 0.3) is 5.91 Å². The van der Waals surface area contributed by atoms with E-state index in [0.29, 0.717) is 0 Å². The number of anilines is 1. The Balaban J connectivity index is 1.83. The monoisotopic (exact) mass is 415 g/mol. The van der Waals surface area contributed by atoms with Gasteiger partial charge in [-0.15, -0.1) is 0 Å². The minimum absolute atomic E-state index is 0.0361. The molecule has 4 rings (SSSR count). The Hall–Kier alpha value is -2.28. The quantitative estimate of drug-likeness (QED) is 0.730. The number of sulfonamides is 1. The zero-order valence-electron chi connectivity index (χ0n) is 15.6. The van der Waals surface area contributed by atoms with Crippen LogP contribution in [0.2, 0.25) is 0 Å². The molecule has 3 fully saturated rings. The summed E-state index contributed by atoms with van der Waals surface area (Å²) in [5.41, 5.74) is -2.58. The summed E-state index contributed by atoms with van der Waals surface area (Å²) >= 11 is 0. The Morgan fingerprint density at radius 1 is 1.18 bits per heavy atom. The Bertz CT molecular complexity index is 968. The molecule has 0 atom stereocenters. The third-order valence-electron chi connectivity index (χ3n) is 5.44. The van der Waals surface area contributed by atoms with Crippen molar-refractivity contribution in [1.29, 1.82) is 0 Å². The van der Waals surface area contributed by atoms with Crippen LogP contribution in [-0.2, 0) is 10.0 Å². The second-order valence-electron chi connectivity index (χ2n) is 8.60. The third-order valence-corrected chi connectivity index (χ3v) is 7.54. The molecule has 1 amide bonds. The second kappa shape index (κ2) is 5.86. The van der Waals surface area contributed by atoms with Crippen molar-refractivity contribution in [3.63, 3.8) is 0 Å². The van der Waals surface area contributed by atoms with Crippen molar-refractivity contribution < 1.29 is 26.4 Å². The van der Waals surface area contributed by atoms with E-state index in [1.165, 1.54) is 39.0 Å². The Morgan fingerprint density at radius 2 is 1.75 bits per heavy atom. The molecule has 0 heterocycles. The molecule has 1 aromatic carbocycles. The number of carbonyl (C=O) groups excluding carboxylic acids is 1. The number of nitrogens with one attached hydrogen (secondary N) is 2. The van der Waals surface area contributed by atoms with Crippen LogP contribution < -0.4 is 10.0 Å². The second-order valence-corrected chi connectivity index (χ2v) is 11.0. The molecule has 152 valence electrons. The van der Waals surface area contributed by atoms with Gasteiger partial charge in [0.1, 0.15) is 0 Å². The number of hydrogen-bond acceptors (Lipinski definition) is 3. The highest BCUT2D eigenvalue weighted by molar-refractivity contribution is 7.94. The molecule has 28 heavy (non-hydrogen) atoms. The van der Waals surface area contributed by atoms with E-state index >= 15 is 0 Å². The number of alkyl halides is 3. The number of hydrogen-bond donors (Lipinski definition) is 2. The number of amides is 1. The summed E-state index contributed by atoms with van der Waals surface area (Å²) in [5, 5.41) is 2.62. The molecule has 0 unspecified atom stereocenters. The SMILES string of the molecule is [C-]#[N+]c1ccc(C(=O)NC23CC(C(F)(F)F)(C2)C3)c(NS(=O)(=O)C(C)(C)C)c1. The lowest BCUT2D eigenvalue weighted by molar-refractivity contribution is -0.336. The van der Waals surface area contributed by atoms with E-state index in [-0.39, 0.29) is 36.2 Å². The van der Waals surface area contributed by atoms with Gasteiger partial charge in [-0.3, -0.25) is 9.52 Å². The highest BCUT2D eigenvalue weighted by Crippen LogP contribution is 2.73. The Kier molecular flexibility index (Phi) is 4.28. The van der Waals surface area contributed by atoms with Gasteiger partial charge in [0.2, 0.25) is 10.0 Å². The molecule has 3 aliphatic rings. The summed E-state index contributed by atoms with van der Waals surface area (Å²) in [7, 11) is -3.87. The van der Waals surface area contributed by atoms with Crippen LogP contribution in [0.5, 0.6) is 0 Å². The zero-order valence-corrected chi connectivity index (χ0v) is 16.4. The summed E-state index contributed by atoms with van der Waals surface area (Å²) in [5.74, 6) is -0.668. The summed E-state index contributed by atoms with van der Waals surface area (Å²) in [6, 6.07) is 3.90. The maximum absolute atomic E-state index is 13.0. The molecule has 2 bridgehead atoms. The molecule has 10 heteroatoms. The molecule has 3 aliphatic carbocycles. The molecule has 0 spiro atoms. The van der Waals surface area contributed by atoms with Gasteiger partial charge in [-0.1, -0.05) is 12.1 Å². The van der Waals surface area contributed by atoms with Crippen molar-refractivity contribution >= 4 is 27.3 Å². The van der Waals surface area contributed by atoms with Crippen LogP contribution in [0.4, 0.5) is 24.5 Å². The van der Waals surface area contributed by atoms with E-state index in [2.05, 4.69) is 14.9 Å². The first kappa shape index (κ1) is 20.5. The van der Waals surface area contributed by atoms with Crippen LogP contribution >= 0.6 is 0 Å². The van der Waals surface area contributed by atoms with Gasteiger partial charge in [0, 0.05) is 5.54 Å². The average molecular weight is 415 g/mol. The molecule has 0 aliphatic heterocycles. The molecular weight excluding hydrogens is 395 g/mol. The maximum atomic E-state index is 13.0. The third kappa shape index (κ3) is 3.11. The fraction of sp³-hybridized carbons (Fsp3) is 0.556. The van der Waals surface area contributed by atoms with Crippen LogP contribution in [-0.4, -0.2) is 30.8 Å². The number of rotatable bonds is 4. The molecular formula is C18H20F3N3O3S. The van der Waals surface area contributed by atoms with Crippen LogP contribution in [0.1, 0.15) is 50.4 Å². The molecule has 6 nitrogen and oxygen atoms in total. The van der Waals surface area contributed by atoms with E-state index in [0.717, 1.165) is 0 Å². The molecule has 2 N–H and O–H groups in total. The molecule has 1 aromatic rings. The fourth-order valence-corrected chi connectivity index (χ4v) is 4.48. The lowest BCUT2D eigenvalue weighted by Crippen LogP contribution is -2.78. The molecule has 0 saturated heterocycles. The van der Waals surface area contributed by atoms with Gasteiger partial charge in [-0.05, 0) is 46.1 Å². The fourth-order valence-electron chi connectivity index (χ4n) is 3.71. The van der Waals surface area contributed by atoms with Gasteiger partial charge in [0.15, 0.2) is 5.69 Å². The van der Waals surface area contributed by atoms with E-state index < -0.39 is 37.8 Å². The number of nitrogens with zero attached hydrogens (tertiary/aromatic N) is 1. The number of carbonyl (C=O) groups is 1. The van der Waals surface area contributed by atoms with Crippen LogP contribution in [0.25, 0.3) is 4.85 Å². The predicted octanol–water partition coefficient (Wildman–Crippen LogP) is 3.99. The highest BCUT2D eigenvalue weighted by atomic mass is 32.2. The van der Waals surface area contributed by atoms with Crippen molar-refractivity contribution in [3.8, 4) is 0 Å². The van der Waals surface area contributed by atoms with Crippen molar-refractivity contribution in [1.82, 2.24) is 5.32 Å². The van der Waals surface area contributed by atoms with E-state index in [1.807, 2.05) is 0 Å². The normalized spacial score (nSPS) is 26.5. The Labute approximate surface area is 161 Å². The van der Waals surface area contributed by atoms with Crippen molar-refractivity contribution in [2.24, 2.45) is 5.41 Å². The van der Waals surface area contributed by atoms with Crippen LogP contribution in [0.15, 0.2) is 18.2 Å². The summed E-state index contributed by atoms with van der Waals surface area (Å²) < 4.78 is 65.0. The van der Waals surface area contributed by atoms with Gasteiger partial charge >= 0.3 is 6.18 Å². The highest BCUT2D eigenvalue weighted by Gasteiger charge is 2.79. The summed E-state index contributed by atoms with van der Waals surface area (Å²) in [6.45, 7) is 11.5. The first-order valence-corrected chi connectivity index (χ1v) is 10.1. The Morgan fingerprint density at radius 3 is 2.21 bits per heavy atom. The smallest absolute Gasteiger partial charge is 0.346 e. The first-order chi connectivity index (χ1) is 12.6. The predicted molar refractivity (Wildman–Crippen MR) is 97.5 cm³/mol. The molecule has 0 radical (unpaired) electrons. The standard InChI is InChI=1S/C18H20F3N3O3S/c1-15(2,3)28(26,27)24-13-7-11(22-4)5-6-12(13)14(25)23-17-8-16(9-17,10-17)18(19,20)21/h5-7,24H,8-10H2,1-3H3,(H,23,25). The maximum Gasteiger partial charge on any atom is 0.394 e. The minimum Gasteiger partial charge on any atom is -0.346 e. The van der Waals surface area contributed by atoms with Crippen LogP contribution in [0.3, 0.4) is 0 Å². The minimum atomic E-state index is -4.29. The van der Waals surface area contributed by atoms with E-state index in [1.54, 1.807) is 0 Å².